The molecule has 3 aliphatic rings. The number of fused-ring (bicyclic) bond motifs is 1. The van der Waals surface area contributed by atoms with Crippen molar-refractivity contribution < 1.29 is 19.1 Å². The summed E-state index contributed by atoms with van der Waals surface area (Å²) < 4.78 is 11.3. The molecule has 0 aromatic heterocycles. The zero-order valence-electron chi connectivity index (χ0n) is 18.9. The first kappa shape index (κ1) is 24.4. The Balaban J connectivity index is 1.82. The van der Waals surface area contributed by atoms with Crippen molar-refractivity contribution in [3.05, 3.63) is 28.7 Å². The number of nitrogens with zero attached hydrogens (tertiary/aromatic N) is 1. The predicted octanol–water partition coefficient (Wildman–Crippen LogP) is 5.53. The third-order valence-electron chi connectivity index (χ3n) is 7.17. The number of carbonyl (C=O) groups excluding carboxylic acids is 2. The fourth-order valence-electron chi connectivity index (χ4n) is 5.12. The van der Waals surface area contributed by atoms with Crippen LogP contribution in [-0.2, 0) is 19.1 Å². The van der Waals surface area contributed by atoms with Crippen molar-refractivity contribution >= 4 is 34.5 Å². The highest BCUT2D eigenvalue weighted by Crippen LogP contribution is 2.54. The van der Waals surface area contributed by atoms with Gasteiger partial charge in [-0.25, -0.2) is 0 Å². The minimum absolute atomic E-state index is 0.0806. The molecule has 0 aromatic rings. The lowest BCUT2D eigenvalue weighted by molar-refractivity contribution is -0.158. The molecule has 1 heterocycles. The Kier molecular flexibility index (Phi) is 7.97. The minimum atomic E-state index is -0.487. The monoisotopic (exact) mass is 543 g/mol. The van der Waals surface area contributed by atoms with Gasteiger partial charge in [-0.15, -0.1) is 0 Å². The Labute approximate surface area is 198 Å². The molecule has 2 aliphatic carbocycles. The molecule has 1 fully saturated rings. The highest BCUT2D eigenvalue weighted by atomic mass is 127. The number of allylic oxidation sites excluding steroid dienone is 3. The zero-order valence-corrected chi connectivity index (χ0v) is 21.0. The van der Waals surface area contributed by atoms with Crippen LogP contribution >= 0.6 is 22.6 Å². The SMILES string of the molecule is CC[C@H](C)C(=O)O[C@H]1C[C@@H](C)C=C2C=C[C@H](C)[C@H](CCC3C[C@@H](N=O)CC(=O)O3)[C@]21I. The van der Waals surface area contributed by atoms with Crippen LogP contribution in [0, 0.1) is 28.6 Å². The van der Waals surface area contributed by atoms with Gasteiger partial charge in [0.05, 0.1) is 15.8 Å². The first-order valence-corrected chi connectivity index (χ1v) is 12.6. The summed E-state index contributed by atoms with van der Waals surface area (Å²) in [6.07, 6.45) is 9.91. The Hall–Kier alpha value is -1.25. The average Bonchev–Trinajstić information content (AvgIpc) is 2.73. The predicted molar refractivity (Wildman–Crippen MR) is 128 cm³/mol. The first-order chi connectivity index (χ1) is 14.7. The molecule has 1 saturated heterocycles. The van der Waals surface area contributed by atoms with E-state index in [0.29, 0.717) is 24.7 Å². The summed E-state index contributed by atoms with van der Waals surface area (Å²) in [7, 11) is 0. The van der Waals surface area contributed by atoms with E-state index in [-0.39, 0.29) is 45.8 Å². The van der Waals surface area contributed by atoms with Crippen molar-refractivity contribution in [3.8, 4) is 0 Å². The molecule has 0 N–H and O–H groups in total. The highest BCUT2D eigenvalue weighted by molar-refractivity contribution is 14.1. The van der Waals surface area contributed by atoms with Crippen LogP contribution in [0.5, 0.6) is 0 Å². The second kappa shape index (κ2) is 10.1. The number of alkyl halides is 1. The summed E-state index contributed by atoms with van der Waals surface area (Å²) in [5, 5.41) is 3.08. The number of hydrogen-bond donors (Lipinski definition) is 0. The topological polar surface area (TPSA) is 82.0 Å². The molecule has 0 spiro atoms. The molecule has 0 radical (unpaired) electrons. The summed E-state index contributed by atoms with van der Waals surface area (Å²) in [4.78, 5) is 35.5. The van der Waals surface area contributed by atoms with Gasteiger partial charge < -0.3 is 9.47 Å². The van der Waals surface area contributed by atoms with Crippen LogP contribution in [0.4, 0.5) is 0 Å². The summed E-state index contributed by atoms with van der Waals surface area (Å²) in [5.74, 6) is 0.286. The minimum Gasteiger partial charge on any atom is -0.462 e. The van der Waals surface area contributed by atoms with Gasteiger partial charge in [-0.1, -0.05) is 73.7 Å². The normalized spacial score (nSPS) is 38.5. The lowest BCUT2D eigenvalue weighted by Gasteiger charge is -2.50. The van der Waals surface area contributed by atoms with E-state index >= 15 is 0 Å². The average molecular weight is 543 g/mol. The second-order valence-corrected chi connectivity index (χ2v) is 11.3. The number of carbonyl (C=O) groups is 2. The molecule has 0 saturated carbocycles. The zero-order chi connectivity index (χ0) is 22.8. The largest absolute Gasteiger partial charge is 0.462 e. The van der Waals surface area contributed by atoms with Gasteiger partial charge in [0.2, 0.25) is 0 Å². The summed E-state index contributed by atoms with van der Waals surface area (Å²) in [5.41, 5.74) is 1.23. The summed E-state index contributed by atoms with van der Waals surface area (Å²) in [6, 6.07) is -0.487. The number of rotatable bonds is 7. The van der Waals surface area contributed by atoms with Crippen LogP contribution in [-0.4, -0.2) is 33.6 Å². The Morgan fingerprint density at radius 3 is 2.77 bits per heavy atom. The maximum Gasteiger partial charge on any atom is 0.308 e. The fraction of sp³-hybridized carbons (Fsp3) is 0.750. The molecule has 8 atom stereocenters. The molecule has 0 amide bonds. The third-order valence-corrected chi connectivity index (χ3v) is 9.29. The smallest absolute Gasteiger partial charge is 0.308 e. The Morgan fingerprint density at radius 1 is 1.35 bits per heavy atom. The van der Waals surface area contributed by atoms with E-state index in [1.807, 2.05) is 13.8 Å². The highest BCUT2D eigenvalue weighted by Gasteiger charge is 2.53. The lowest BCUT2D eigenvalue weighted by atomic mass is 9.65. The van der Waals surface area contributed by atoms with E-state index in [2.05, 4.69) is 59.8 Å². The van der Waals surface area contributed by atoms with Crippen molar-refractivity contribution in [2.75, 3.05) is 0 Å². The van der Waals surface area contributed by atoms with Gasteiger partial charge in [-0.3, -0.25) is 9.59 Å². The van der Waals surface area contributed by atoms with Gasteiger partial charge in [0.15, 0.2) is 0 Å². The molecule has 0 aromatic carbocycles. The number of halogens is 1. The van der Waals surface area contributed by atoms with Gasteiger partial charge in [0.25, 0.3) is 0 Å². The Bertz CT molecular complexity index is 765. The van der Waals surface area contributed by atoms with E-state index in [0.717, 1.165) is 19.3 Å². The molecule has 1 aliphatic heterocycles. The molecule has 31 heavy (non-hydrogen) atoms. The van der Waals surface area contributed by atoms with Crippen LogP contribution in [0.3, 0.4) is 0 Å². The fourth-order valence-corrected chi connectivity index (χ4v) is 6.74. The molecular formula is C24H34INO5. The van der Waals surface area contributed by atoms with E-state index in [1.165, 1.54) is 5.57 Å². The molecule has 172 valence electrons. The van der Waals surface area contributed by atoms with E-state index in [4.69, 9.17) is 9.47 Å². The molecule has 6 nitrogen and oxygen atoms in total. The molecule has 0 bridgehead atoms. The number of esters is 2. The second-order valence-electron chi connectivity index (χ2n) is 9.55. The van der Waals surface area contributed by atoms with Gasteiger partial charge >= 0.3 is 11.9 Å². The van der Waals surface area contributed by atoms with Gasteiger partial charge in [0.1, 0.15) is 18.2 Å². The third kappa shape index (κ3) is 5.22. The lowest BCUT2D eigenvalue weighted by Crippen LogP contribution is -2.53. The summed E-state index contributed by atoms with van der Waals surface area (Å²) in [6.45, 7) is 8.29. The van der Waals surface area contributed by atoms with Gasteiger partial charge in [0, 0.05) is 6.42 Å². The van der Waals surface area contributed by atoms with Gasteiger partial charge in [-0.2, -0.15) is 4.91 Å². The van der Waals surface area contributed by atoms with Crippen molar-refractivity contribution in [1.82, 2.24) is 0 Å². The van der Waals surface area contributed by atoms with Crippen LogP contribution in [0.15, 0.2) is 29.0 Å². The number of hydrogen-bond acceptors (Lipinski definition) is 6. The molecule has 7 heteroatoms. The van der Waals surface area contributed by atoms with Crippen LogP contribution in [0.1, 0.15) is 66.2 Å². The van der Waals surface area contributed by atoms with Crippen LogP contribution in [0.2, 0.25) is 0 Å². The van der Waals surface area contributed by atoms with Crippen molar-refractivity contribution in [1.29, 1.82) is 0 Å². The number of nitroso groups, excluding NO2 is 1. The van der Waals surface area contributed by atoms with Crippen molar-refractivity contribution in [3.63, 3.8) is 0 Å². The summed E-state index contributed by atoms with van der Waals surface area (Å²) >= 11 is 2.52. The van der Waals surface area contributed by atoms with E-state index in [9.17, 15) is 14.5 Å². The van der Waals surface area contributed by atoms with Crippen LogP contribution < -0.4 is 0 Å². The molecule has 1 unspecified atom stereocenters. The maximum atomic E-state index is 12.7. The standard InChI is InChI=1S/C24H34INO5/c1-5-15(3)23(28)31-21-11-14(2)10-17-7-6-16(4)20(24(17,21)25)9-8-19-12-18(26-29)13-22(27)30-19/h6-7,10,14-16,18-21H,5,8-9,11-13H2,1-4H3/t14-,15-,16-,18+,19?,20-,21-,24+/m0/s1. The quantitative estimate of drug-likeness (QED) is 0.183. The maximum absolute atomic E-state index is 12.7. The van der Waals surface area contributed by atoms with Crippen LogP contribution in [0.25, 0.3) is 0 Å². The van der Waals surface area contributed by atoms with Crippen molar-refractivity contribution in [2.24, 2.45) is 28.8 Å². The van der Waals surface area contributed by atoms with E-state index in [1.54, 1.807) is 0 Å². The van der Waals surface area contributed by atoms with Gasteiger partial charge in [-0.05, 0) is 49.0 Å². The molecule has 3 rings (SSSR count). The number of ether oxygens (including phenoxy) is 2. The molecular weight excluding hydrogens is 509 g/mol. The first-order valence-electron chi connectivity index (χ1n) is 11.5. The Morgan fingerprint density at radius 2 is 2.10 bits per heavy atom. The van der Waals surface area contributed by atoms with Crippen molar-refractivity contribution in [2.45, 2.75) is 87.9 Å². The van der Waals surface area contributed by atoms with E-state index < -0.39 is 6.04 Å². The number of cyclic esters (lactones) is 1.